The van der Waals surface area contributed by atoms with Crippen molar-refractivity contribution in [3.05, 3.63) is 29.6 Å². The third-order valence-corrected chi connectivity index (χ3v) is 1.88. The van der Waals surface area contributed by atoms with Crippen molar-refractivity contribution in [2.75, 3.05) is 6.61 Å². The smallest absolute Gasteiger partial charge is 0.357 e. The first-order chi connectivity index (χ1) is 8.33. The van der Waals surface area contributed by atoms with E-state index in [0.717, 1.165) is 0 Å². The number of hydrogen-bond acceptors (Lipinski definition) is 5. The van der Waals surface area contributed by atoms with Gasteiger partial charge in [-0.05, 0) is 39.8 Å². The Morgan fingerprint density at radius 1 is 1.28 bits per heavy atom. The summed E-state index contributed by atoms with van der Waals surface area (Å²) in [6, 6.07) is 2.86. The normalized spacial score (nSPS) is 10.9. The lowest BCUT2D eigenvalue weighted by Crippen LogP contribution is -2.24. The zero-order valence-corrected chi connectivity index (χ0v) is 11.0. The molecule has 0 aliphatic rings. The molecule has 0 aliphatic heterocycles. The monoisotopic (exact) mass is 251 g/mol. The van der Waals surface area contributed by atoms with Crippen LogP contribution in [0.2, 0.25) is 0 Å². The fourth-order valence-electron chi connectivity index (χ4n) is 1.21. The molecule has 0 aromatic carbocycles. The van der Waals surface area contributed by atoms with Crippen LogP contribution in [0, 0.1) is 0 Å². The van der Waals surface area contributed by atoms with Crippen LogP contribution in [0.15, 0.2) is 18.3 Å². The Morgan fingerprint density at radius 2 is 1.94 bits per heavy atom. The van der Waals surface area contributed by atoms with Crippen molar-refractivity contribution in [1.82, 2.24) is 4.98 Å². The molecular weight excluding hydrogens is 234 g/mol. The molecule has 0 N–H and O–H groups in total. The minimum Gasteiger partial charge on any atom is -0.462 e. The summed E-state index contributed by atoms with van der Waals surface area (Å²) in [5.41, 5.74) is -0.221. The first-order valence-corrected chi connectivity index (χ1v) is 5.70. The summed E-state index contributed by atoms with van der Waals surface area (Å²) < 4.78 is 10.0. The number of hydrogen-bond donors (Lipinski definition) is 0. The summed E-state index contributed by atoms with van der Waals surface area (Å²) in [5.74, 6) is -1.04. The van der Waals surface area contributed by atoms with E-state index in [1.54, 1.807) is 27.7 Å². The molecule has 0 saturated heterocycles. The molecule has 0 spiro atoms. The SMILES string of the molecule is CCOC(=O)c1ccnc(C(=O)OC(C)(C)C)c1. The lowest BCUT2D eigenvalue weighted by Gasteiger charge is -2.19. The zero-order chi connectivity index (χ0) is 13.8. The van der Waals surface area contributed by atoms with E-state index < -0.39 is 17.5 Å². The fourth-order valence-corrected chi connectivity index (χ4v) is 1.21. The fraction of sp³-hybridized carbons (Fsp3) is 0.462. The molecular formula is C13H17NO4. The van der Waals surface area contributed by atoms with Gasteiger partial charge >= 0.3 is 11.9 Å². The highest BCUT2D eigenvalue weighted by atomic mass is 16.6. The second-order valence-corrected chi connectivity index (χ2v) is 4.65. The predicted molar refractivity (Wildman–Crippen MR) is 65.4 cm³/mol. The van der Waals surface area contributed by atoms with E-state index in [0.29, 0.717) is 0 Å². The van der Waals surface area contributed by atoms with Crippen LogP contribution in [0.1, 0.15) is 48.5 Å². The lowest BCUT2D eigenvalue weighted by atomic mass is 10.2. The molecule has 0 aliphatic carbocycles. The average molecular weight is 251 g/mol. The highest BCUT2D eigenvalue weighted by Gasteiger charge is 2.20. The van der Waals surface area contributed by atoms with Gasteiger partial charge in [-0.1, -0.05) is 0 Å². The van der Waals surface area contributed by atoms with Gasteiger partial charge in [-0.25, -0.2) is 14.6 Å². The van der Waals surface area contributed by atoms with Gasteiger partial charge in [-0.3, -0.25) is 0 Å². The number of carbonyl (C=O) groups is 2. The second-order valence-electron chi connectivity index (χ2n) is 4.65. The van der Waals surface area contributed by atoms with Gasteiger partial charge in [0.1, 0.15) is 11.3 Å². The van der Waals surface area contributed by atoms with Crippen molar-refractivity contribution in [3.8, 4) is 0 Å². The number of pyridine rings is 1. The Balaban J connectivity index is 2.88. The summed E-state index contributed by atoms with van der Waals surface area (Å²) in [6.45, 7) is 7.29. The maximum atomic E-state index is 11.8. The molecule has 5 nitrogen and oxygen atoms in total. The van der Waals surface area contributed by atoms with Gasteiger partial charge in [0.05, 0.1) is 12.2 Å². The molecule has 1 aromatic heterocycles. The number of carbonyl (C=O) groups excluding carboxylic acids is 2. The van der Waals surface area contributed by atoms with Gasteiger partial charge in [0.2, 0.25) is 0 Å². The van der Waals surface area contributed by atoms with Crippen LogP contribution in [0.3, 0.4) is 0 Å². The van der Waals surface area contributed by atoms with Crippen molar-refractivity contribution in [3.63, 3.8) is 0 Å². The molecule has 0 amide bonds. The topological polar surface area (TPSA) is 65.5 Å². The summed E-state index contributed by atoms with van der Waals surface area (Å²) in [7, 11) is 0. The quantitative estimate of drug-likeness (QED) is 0.770. The van der Waals surface area contributed by atoms with Gasteiger partial charge in [0, 0.05) is 6.20 Å². The van der Waals surface area contributed by atoms with Crippen molar-refractivity contribution >= 4 is 11.9 Å². The third kappa shape index (κ3) is 4.16. The van der Waals surface area contributed by atoms with E-state index in [9.17, 15) is 9.59 Å². The van der Waals surface area contributed by atoms with Crippen molar-refractivity contribution in [2.24, 2.45) is 0 Å². The van der Waals surface area contributed by atoms with Gasteiger partial charge in [0.25, 0.3) is 0 Å². The number of nitrogens with zero attached hydrogens (tertiary/aromatic N) is 1. The van der Waals surface area contributed by atoms with Gasteiger partial charge < -0.3 is 9.47 Å². The van der Waals surface area contributed by atoms with Crippen molar-refractivity contribution < 1.29 is 19.1 Å². The minimum atomic E-state index is -0.599. The molecule has 0 radical (unpaired) electrons. The van der Waals surface area contributed by atoms with Crippen LogP contribution in [-0.2, 0) is 9.47 Å². The van der Waals surface area contributed by atoms with Crippen molar-refractivity contribution in [2.45, 2.75) is 33.3 Å². The highest BCUT2D eigenvalue weighted by Crippen LogP contribution is 2.12. The Bertz CT molecular complexity index is 449. The molecule has 18 heavy (non-hydrogen) atoms. The Kier molecular flexibility index (Phi) is 4.42. The second kappa shape index (κ2) is 5.62. The van der Waals surface area contributed by atoms with Crippen LogP contribution in [0.4, 0.5) is 0 Å². The first-order valence-electron chi connectivity index (χ1n) is 5.70. The Labute approximate surface area is 106 Å². The summed E-state index contributed by atoms with van der Waals surface area (Å²) in [5, 5.41) is 0. The molecule has 5 heteroatoms. The van der Waals surface area contributed by atoms with Crippen LogP contribution in [-0.4, -0.2) is 29.1 Å². The minimum absolute atomic E-state index is 0.0930. The van der Waals surface area contributed by atoms with Gasteiger partial charge in [-0.15, -0.1) is 0 Å². The van der Waals surface area contributed by atoms with E-state index >= 15 is 0 Å². The van der Waals surface area contributed by atoms with Crippen LogP contribution in [0.5, 0.6) is 0 Å². The van der Waals surface area contributed by atoms with E-state index in [1.807, 2.05) is 0 Å². The molecule has 1 heterocycles. The van der Waals surface area contributed by atoms with Crippen molar-refractivity contribution in [1.29, 1.82) is 0 Å². The van der Waals surface area contributed by atoms with Gasteiger partial charge in [-0.2, -0.15) is 0 Å². The maximum absolute atomic E-state index is 11.8. The highest BCUT2D eigenvalue weighted by molar-refractivity contribution is 5.94. The van der Waals surface area contributed by atoms with E-state index in [2.05, 4.69) is 4.98 Å². The van der Waals surface area contributed by atoms with Crippen LogP contribution >= 0.6 is 0 Å². The standard InChI is InChI=1S/C13H17NO4/c1-5-17-11(15)9-6-7-14-10(8-9)12(16)18-13(2,3)4/h6-8H,5H2,1-4H3. The first kappa shape index (κ1) is 14.2. The van der Waals surface area contributed by atoms with Gasteiger partial charge in [0.15, 0.2) is 0 Å². The number of esters is 2. The predicted octanol–water partition coefficient (Wildman–Crippen LogP) is 2.21. The van der Waals surface area contributed by atoms with Crippen LogP contribution in [0.25, 0.3) is 0 Å². The molecule has 0 fully saturated rings. The molecule has 1 rings (SSSR count). The number of ether oxygens (including phenoxy) is 2. The van der Waals surface area contributed by atoms with E-state index in [1.165, 1.54) is 18.3 Å². The molecule has 0 unspecified atom stereocenters. The number of aromatic nitrogens is 1. The molecule has 0 bridgehead atoms. The zero-order valence-electron chi connectivity index (χ0n) is 11.0. The molecule has 0 atom stereocenters. The maximum Gasteiger partial charge on any atom is 0.357 e. The summed E-state index contributed by atoms with van der Waals surface area (Å²) in [4.78, 5) is 27.1. The largest absolute Gasteiger partial charge is 0.462 e. The average Bonchev–Trinajstić information content (AvgIpc) is 2.27. The lowest BCUT2D eigenvalue weighted by molar-refractivity contribution is 0.00628. The van der Waals surface area contributed by atoms with E-state index in [4.69, 9.17) is 9.47 Å². The van der Waals surface area contributed by atoms with Crippen LogP contribution < -0.4 is 0 Å². The third-order valence-electron chi connectivity index (χ3n) is 1.88. The van der Waals surface area contributed by atoms with E-state index in [-0.39, 0.29) is 17.9 Å². The number of rotatable bonds is 3. The Hall–Kier alpha value is -1.91. The molecule has 1 aromatic rings. The summed E-state index contributed by atoms with van der Waals surface area (Å²) >= 11 is 0. The molecule has 0 saturated carbocycles. The Morgan fingerprint density at radius 3 is 2.50 bits per heavy atom. The summed E-state index contributed by atoms with van der Waals surface area (Å²) in [6.07, 6.45) is 1.38. The molecule has 98 valence electrons.